The molecule has 0 amide bonds. The van der Waals surface area contributed by atoms with Crippen LogP contribution in [0.5, 0.6) is 5.75 Å². The topological polar surface area (TPSA) is 48.1 Å². The van der Waals surface area contributed by atoms with E-state index in [9.17, 15) is 0 Å². The van der Waals surface area contributed by atoms with Crippen LogP contribution in [0.3, 0.4) is 0 Å². The first-order valence-corrected chi connectivity index (χ1v) is 7.37. The van der Waals surface area contributed by atoms with Crippen LogP contribution in [0.1, 0.15) is 13.8 Å². The Morgan fingerprint density at radius 1 is 1.44 bits per heavy atom. The first-order chi connectivity index (χ1) is 8.56. The average molecular weight is 327 g/mol. The fourth-order valence-electron chi connectivity index (χ4n) is 1.45. The Morgan fingerprint density at radius 3 is 2.78 bits per heavy atom. The first kappa shape index (κ1) is 13.4. The van der Waals surface area contributed by atoms with Crippen molar-refractivity contribution in [2.24, 2.45) is 5.92 Å². The van der Waals surface area contributed by atoms with Crippen molar-refractivity contribution in [3.05, 3.63) is 28.1 Å². The number of nitrogens with two attached hydrogens (primary N) is 1. The minimum absolute atomic E-state index is 0.509. The van der Waals surface area contributed by atoms with E-state index in [1.165, 1.54) is 11.3 Å². The van der Waals surface area contributed by atoms with Gasteiger partial charge in [0, 0.05) is 10.9 Å². The van der Waals surface area contributed by atoms with Gasteiger partial charge in [-0.15, -0.1) is 11.3 Å². The molecule has 0 saturated carbocycles. The number of aromatic nitrogens is 1. The highest BCUT2D eigenvalue weighted by Gasteiger charge is 2.07. The van der Waals surface area contributed by atoms with Crippen molar-refractivity contribution >= 4 is 32.4 Å². The fraction of sp³-hybridized carbons (Fsp3) is 0.308. The maximum absolute atomic E-state index is 5.70. The van der Waals surface area contributed by atoms with E-state index in [0.717, 1.165) is 21.5 Å². The van der Waals surface area contributed by atoms with E-state index >= 15 is 0 Å². The summed E-state index contributed by atoms with van der Waals surface area (Å²) >= 11 is 4.96. The molecule has 0 saturated heterocycles. The quantitative estimate of drug-likeness (QED) is 0.916. The molecular weight excluding hydrogens is 312 g/mol. The van der Waals surface area contributed by atoms with Crippen molar-refractivity contribution in [1.29, 1.82) is 0 Å². The summed E-state index contributed by atoms with van der Waals surface area (Å²) in [6.45, 7) is 4.96. The monoisotopic (exact) mass is 326 g/mol. The van der Waals surface area contributed by atoms with Gasteiger partial charge in [-0.25, -0.2) is 4.98 Å². The largest absolute Gasteiger partial charge is 0.492 e. The molecule has 3 nitrogen and oxygen atoms in total. The molecule has 2 aromatic rings. The number of thiazole rings is 1. The molecule has 0 aliphatic heterocycles. The van der Waals surface area contributed by atoms with Gasteiger partial charge in [-0.05, 0) is 40.0 Å². The Labute approximate surface area is 119 Å². The van der Waals surface area contributed by atoms with Gasteiger partial charge in [0.15, 0.2) is 5.13 Å². The van der Waals surface area contributed by atoms with Gasteiger partial charge in [0.1, 0.15) is 5.75 Å². The number of nitrogens with zero attached hydrogens (tertiary/aromatic N) is 1. The molecule has 18 heavy (non-hydrogen) atoms. The van der Waals surface area contributed by atoms with E-state index in [2.05, 4.69) is 34.8 Å². The van der Waals surface area contributed by atoms with Crippen molar-refractivity contribution in [3.8, 4) is 17.0 Å². The minimum Gasteiger partial charge on any atom is -0.492 e. The maximum Gasteiger partial charge on any atom is 0.180 e. The molecule has 0 bridgehead atoms. The van der Waals surface area contributed by atoms with Crippen LogP contribution >= 0.6 is 27.3 Å². The van der Waals surface area contributed by atoms with E-state index < -0.39 is 0 Å². The summed E-state index contributed by atoms with van der Waals surface area (Å²) in [6, 6.07) is 5.95. The molecule has 0 atom stereocenters. The summed E-state index contributed by atoms with van der Waals surface area (Å²) < 4.78 is 6.64. The molecular formula is C13H15BrN2OS. The van der Waals surface area contributed by atoms with Gasteiger partial charge in [-0.2, -0.15) is 0 Å². The predicted octanol–water partition coefficient (Wildman–Crippen LogP) is 4.19. The number of hydrogen-bond acceptors (Lipinski definition) is 4. The van der Waals surface area contributed by atoms with Crippen LogP contribution < -0.4 is 10.5 Å². The Balaban J connectivity index is 2.19. The van der Waals surface area contributed by atoms with E-state index in [0.29, 0.717) is 17.7 Å². The number of benzene rings is 1. The Morgan fingerprint density at radius 2 is 2.22 bits per heavy atom. The summed E-state index contributed by atoms with van der Waals surface area (Å²) in [6.07, 6.45) is 0. The second-order valence-electron chi connectivity index (χ2n) is 4.42. The van der Waals surface area contributed by atoms with Crippen LogP contribution in [-0.4, -0.2) is 11.6 Å². The zero-order valence-corrected chi connectivity index (χ0v) is 12.7. The molecule has 2 N–H and O–H groups in total. The molecule has 96 valence electrons. The summed E-state index contributed by atoms with van der Waals surface area (Å²) in [5.74, 6) is 1.37. The fourth-order valence-corrected chi connectivity index (χ4v) is 2.52. The van der Waals surface area contributed by atoms with E-state index in [4.69, 9.17) is 10.5 Å². The smallest absolute Gasteiger partial charge is 0.180 e. The van der Waals surface area contributed by atoms with E-state index in [-0.39, 0.29) is 0 Å². The van der Waals surface area contributed by atoms with Gasteiger partial charge >= 0.3 is 0 Å². The summed E-state index contributed by atoms with van der Waals surface area (Å²) in [4.78, 5) is 4.26. The van der Waals surface area contributed by atoms with Crippen LogP contribution in [-0.2, 0) is 0 Å². The zero-order chi connectivity index (χ0) is 13.1. The maximum atomic E-state index is 5.70. The molecule has 0 unspecified atom stereocenters. The molecule has 1 heterocycles. The molecule has 0 radical (unpaired) electrons. The lowest BCUT2D eigenvalue weighted by atomic mass is 10.2. The van der Waals surface area contributed by atoms with Crippen molar-refractivity contribution in [3.63, 3.8) is 0 Å². The van der Waals surface area contributed by atoms with Gasteiger partial charge in [0.05, 0.1) is 16.8 Å². The number of ether oxygens (including phenoxy) is 1. The van der Waals surface area contributed by atoms with Crippen LogP contribution in [0.4, 0.5) is 5.13 Å². The highest BCUT2D eigenvalue weighted by atomic mass is 79.9. The number of rotatable bonds is 4. The number of hydrogen-bond donors (Lipinski definition) is 1. The number of halogens is 1. The van der Waals surface area contributed by atoms with Gasteiger partial charge in [0.25, 0.3) is 0 Å². The molecule has 0 aliphatic rings. The normalized spacial score (nSPS) is 10.9. The first-order valence-electron chi connectivity index (χ1n) is 5.70. The number of nitrogen functional groups attached to an aromatic ring is 1. The molecule has 1 aromatic heterocycles. The third-order valence-electron chi connectivity index (χ3n) is 2.32. The van der Waals surface area contributed by atoms with Gasteiger partial charge in [-0.1, -0.05) is 13.8 Å². The Kier molecular flexibility index (Phi) is 4.24. The standard InChI is InChI=1S/C13H15BrN2OS/c1-8(2)6-17-12-4-3-9(5-10(12)14)11-7-18-13(15)16-11/h3-5,7-8H,6H2,1-2H3,(H2,15,16). The molecule has 0 fully saturated rings. The predicted molar refractivity (Wildman–Crippen MR) is 80.0 cm³/mol. The lowest BCUT2D eigenvalue weighted by Crippen LogP contribution is -2.04. The van der Waals surface area contributed by atoms with Crippen molar-refractivity contribution in [2.75, 3.05) is 12.3 Å². The Bertz CT molecular complexity index is 540. The van der Waals surface area contributed by atoms with Gasteiger partial charge < -0.3 is 10.5 Å². The third kappa shape index (κ3) is 3.23. The molecule has 1 aromatic carbocycles. The molecule has 5 heteroatoms. The number of anilines is 1. The second-order valence-corrected chi connectivity index (χ2v) is 6.17. The zero-order valence-electron chi connectivity index (χ0n) is 10.3. The summed E-state index contributed by atoms with van der Waals surface area (Å²) in [5.41, 5.74) is 7.57. The lowest BCUT2D eigenvalue weighted by Gasteiger charge is -2.11. The Hall–Kier alpha value is -1.07. The SMILES string of the molecule is CC(C)COc1ccc(-c2csc(N)n2)cc1Br. The van der Waals surface area contributed by atoms with Crippen LogP contribution in [0.15, 0.2) is 28.1 Å². The van der Waals surface area contributed by atoms with Crippen molar-refractivity contribution < 1.29 is 4.74 Å². The van der Waals surface area contributed by atoms with Crippen molar-refractivity contribution in [2.45, 2.75) is 13.8 Å². The molecule has 0 spiro atoms. The molecule has 0 aliphatic carbocycles. The summed E-state index contributed by atoms with van der Waals surface area (Å²) in [5, 5.41) is 2.53. The lowest BCUT2D eigenvalue weighted by molar-refractivity contribution is 0.269. The molecule has 2 rings (SSSR count). The highest BCUT2D eigenvalue weighted by Crippen LogP contribution is 2.31. The van der Waals surface area contributed by atoms with Crippen LogP contribution in [0, 0.1) is 5.92 Å². The summed E-state index contributed by atoms with van der Waals surface area (Å²) in [7, 11) is 0. The van der Waals surface area contributed by atoms with Crippen molar-refractivity contribution in [1.82, 2.24) is 4.98 Å². The van der Waals surface area contributed by atoms with E-state index in [1.807, 2.05) is 23.6 Å². The van der Waals surface area contributed by atoms with Gasteiger partial charge in [-0.3, -0.25) is 0 Å². The minimum atomic E-state index is 0.509. The van der Waals surface area contributed by atoms with Gasteiger partial charge in [0.2, 0.25) is 0 Å². The van der Waals surface area contributed by atoms with Crippen LogP contribution in [0.25, 0.3) is 11.3 Å². The average Bonchev–Trinajstić information content (AvgIpc) is 2.74. The second kappa shape index (κ2) is 5.71. The van der Waals surface area contributed by atoms with Crippen LogP contribution in [0.2, 0.25) is 0 Å². The third-order valence-corrected chi connectivity index (χ3v) is 3.62. The highest BCUT2D eigenvalue weighted by molar-refractivity contribution is 9.10. The van der Waals surface area contributed by atoms with E-state index in [1.54, 1.807) is 0 Å².